The minimum atomic E-state index is -0.508. The molecule has 5 nitrogen and oxygen atoms in total. The smallest absolute Gasteiger partial charge is 0.247 e. The van der Waals surface area contributed by atoms with Crippen LogP contribution in [0.3, 0.4) is 0 Å². The van der Waals surface area contributed by atoms with Crippen molar-refractivity contribution in [2.75, 3.05) is 26.8 Å². The molecule has 2 heterocycles. The van der Waals surface area contributed by atoms with Gasteiger partial charge in [-0.1, -0.05) is 0 Å². The summed E-state index contributed by atoms with van der Waals surface area (Å²) < 4.78 is 5.23. The summed E-state index contributed by atoms with van der Waals surface area (Å²) >= 11 is 0. The Morgan fingerprint density at radius 2 is 2.00 bits per heavy atom. The summed E-state index contributed by atoms with van der Waals surface area (Å²) in [7, 11) is 1.82. The molecule has 78 valence electrons. The van der Waals surface area contributed by atoms with Crippen molar-refractivity contribution in [1.29, 1.82) is 0 Å². The summed E-state index contributed by atoms with van der Waals surface area (Å²) in [6.45, 7) is 1.48. The van der Waals surface area contributed by atoms with Gasteiger partial charge < -0.3 is 4.74 Å². The van der Waals surface area contributed by atoms with E-state index in [0.717, 1.165) is 0 Å². The molecule has 14 heavy (non-hydrogen) atoms. The highest BCUT2D eigenvalue weighted by Crippen LogP contribution is 2.28. The molecular formula is C9H14N2O3. The Morgan fingerprint density at radius 1 is 1.36 bits per heavy atom. The Balaban J connectivity index is 2.22. The number of carbonyl (C=O) groups excluding carboxylic acids is 2. The summed E-state index contributed by atoms with van der Waals surface area (Å²) in [5, 5.41) is 2.40. The number of piperazine rings is 1. The molecule has 0 radical (unpaired) electrons. The zero-order chi connectivity index (χ0) is 10.2. The van der Waals surface area contributed by atoms with Gasteiger partial charge in [0.15, 0.2) is 0 Å². The lowest BCUT2D eigenvalue weighted by atomic mass is 9.86. The number of rotatable bonds is 0. The molecular weight excluding hydrogens is 184 g/mol. The topological polar surface area (TPSA) is 58.6 Å². The van der Waals surface area contributed by atoms with Crippen LogP contribution in [-0.4, -0.2) is 49.1 Å². The number of hydrogen-bond acceptors (Lipinski definition) is 4. The molecule has 2 fully saturated rings. The van der Waals surface area contributed by atoms with Gasteiger partial charge >= 0.3 is 0 Å². The molecule has 5 heteroatoms. The molecule has 0 bridgehead atoms. The molecule has 0 saturated carbocycles. The van der Waals surface area contributed by atoms with Gasteiger partial charge in [0.05, 0.1) is 6.54 Å². The molecule has 0 aromatic carbocycles. The van der Waals surface area contributed by atoms with Crippen molar-refractivity contribution in [1.82, 2.24) is 10.2 Å². The fraction of sp³-hybridized carbons (Fsp3) is 0.778. The number of imide groups is 1. The molecule has 2 aliphatic heterocycles. The summed E-state index contributed by atoms with van der Waals surface area (Å²) in [5.74, 6) is -0.380. The molecule has 2 rings (SSSR count). The van der Waals surface area contributed by atoms with Crippen LogP contribution in [0, 0.1) is 0 Å². The highest BCUT2D eigenvalue weighted by Gasteiger charge is 2.47. The SMILES string of the molecule is CN1CC(=O)NC(=O)C12CCOCC2. The lowest BCUT2D eigenvalue weighted by Crippen LogP contribution is -2.67. The average Bonchev–Trinajstić information content (AvgIpc) is 2.16. The normalized spacial score (nSPS) is 27.8. The molecule has 0 atom stereocenters. The summed E-state index contributed by atoms with van der Waals surface area (Å²) in [4.78, 5) is 24.7. The van der Waals surface area contributed by atoms with Crippen LogP contribution in [0.25, 0.3) is 0 Å². The largest absolute Gasteiger partial charge is 0.381 e. The minimum Gasteiger partial charge on any atom is -0.381 e. The second-order valence-electron chi connectivity index (χ2n) is 3.88. The van der Waals surface area contributed by atoms with E-state index < -0.39 is 5.54 Å². The lowest BCUT2D eigenvalue weighted by Gasteiger charge is -2.45. The van der Waals surface area contributed by atoms with Crippen molar-refractivity contribution in [3.8, 4) is 0 Å². The summed E-state index contributed by atoms with van der Waals surface area (Å²) in [6.07, 6.45) is 1.34. The van der Waals surface area contributed by atoms with E-state index in [9.17, 15) is 9.59 Å². The van der Waals surface area contributed by atoms with E-state index >= 15 is 0 Å². The van der Waals surface area contributed by atoms with Gasteiger partial charge in [0.25, 0.3) is 0 Å². The molecule has 1 spiro atoms. The van der Waals surface area contributed by atoms with Crippen molar-refractivity contribution in [2.24, 2.45) is 0 Å². The molecule has 1 N–H and O–H groups in total. The maximum atomic E-state index is 11.8. The van der Waals surface area contributed by atoms with E-state index in [-0.39, 0.29) is 11.8 Å². The lowest BCUT2D eigenvalue weighted by molar-refractivity contribution is -0.151. The molecule has 0 unspecified atom stereocenters. The van der Waals surface area contributed by atoms with E-state index in [2.05, 4.69) is 5.32 Å². The van der Waals surface area contributed by atoms with Gasteiger partial charge in [-0.05, 0) is 19.9 Å². The maximum Gasteiger partial charge on any atom is 0.247 e. The number of ether oxygens (including phenoxy) is 1. The highest BCUT2D eigenvalue weighted by atomic mass is 16.5. The second kappa shape index (κ2) is 3.33. The molecule has 0 aromatic rings. The van der Waals surface area contributed by atoms with E-state index in [1.807, 2.05) is 11.9 Å². The first-order chi connectivity index (χ1) is 6.65. The van der Waals surface area contributed by atoms with Crippen LogP contribution in [0.1, 0.15) is 12.8 Å². The Morgan fingerprint density at radius 3 is 2.57 bits per heavy atom. The van der Waals surface area contributed by atoms with Gasteiger partial charge in [0.2, 0.25) is 11.8 Å². The molecule has 2 amide bonds. The van der Waals surface area contributed by atoms with Crippen LogP contribution in [0.2, 0.25) is 0 Å². The number of hydrogen-bond donors (Lipinski definition) is 1. The van der Waals surface area contributed by atoms with Crippen LogP contribution in [0.4, 0.5) is 0 Å². The van der Waals surface area contributed by atoms with Gasteiger partial charge in [0, 0.05) is 13.2 Å². The minimum absolute atomic E-state index is 0.167. The van der Waals surface area contributed by atoms with Crippen LogP contribution in [-0.2, 0) is 14.3 Å². The van der Waals surface area contributed by atoms with Crippen LogP contribution in [0.15, 0.2) is 0 Å². The van der Waals surface area contributed by atoms with Crippen molar-refractivity contribution < 1.29 is 14.3 Å². The zero-order valence-corrected chi connectivity index (χ0v) is 8.21. The first-order valence-corrected chi connectivity index (χ1v) is 4.78. The molecule has 0 aromatic heterocycles. The van der Waals surface area contributed by atoms with Crippen molar-refractivity contribution in [3.05, 3.63) is 0 Å². The fourth-order valence-electron chi connectivity index (χ4n) is 2.14. The predicted octanol–water partition coefficient (Wildman–Crippen LogP) is -0.876. The first kappa shape index (κ1) is 9.61. The zero-order valence-electron chi connectivity index (χ0n) is 8.21. The van der Waals surface area contributed by atoms with E-state index in [1.54, 1.807) is 0 Å². The number of likely N-dealkylation sites (N-methyl/N-ethyl adjacent to an activating group) is 1. The molecule has 2 saturated heterocycles. The van der Waals surface area contributed by atoms with Crippen molar-refractivity contribution in [3.63, 3.8) is 0 Å². The summed E-state index contributed by atoms with van der Waals surface area (Å²) in [5.41, 5.74) is -0.508. The quantitative estimate of drug-likeness (QED) is 0.514. The Hall–Kier alpha value is -0.940. The van der Waals surface area contributed by atoms with Crippen LogP contribution in [0.5, 0.6) is 0 Å². The molecule has 2 aliphatic rings. The third kappa shape index (κ3) is 1.33. The number of nitrogens with zero attached hydrogens (tertiary/aromatic N) is 1. The van der Waals surface area contributed by atoms with E-state index in [0.29, 0.717) is 32.6 Å². The first-order valence-electron chi connectivity index (χ1n) is 4.78. The molecule has 0 aliphatic carbocycles. The number of carbonyl (C=O) groups is 2. The fourth-order valence-corrected chi connectivity index (χ4v) is 2.14. The van der Waals surface area contributed by atoms with Gasteiger partial charge in [-0.2, -0.15) is 0 Å². The van der Waals surface area contributed by atoms with Gasteiger partial charge in [-0.3, -0.25) is 19.8 Å². The number of amides is 2. The predicted molar refractivity (Wildman–Crippen MR) is 48.6 cm³/mol. The second-order valence-corrected chi connectivity index (χ2v) is 3.88. The number of nitrogens with one attached hydrogen (secondary N) is 1. The van der Waals surface area contributed by atoms with Crippen LogP contribution >= 0.6 is 0 Å². The Kier molecular flexibility index (Phi) is 2.28. The monoisotopic (exact) mass is 198 g/mol. The maximum absolute atomic E-state index is 11.8. The average molecular weight is 198 g/mol. The third-order valence-corrected chi connectivity index (χ3v) is 3.11. The van der Waals surface area contributed by atoms with Crippen LogP contribution < -0.4 is 5.32 Å². The Labute approximate surface area is 82.4 Å². The van der Waals surface area contributed by atoms with E-state index in [1.165, 1.54) is 0 Å². The third-order valence-electron chi connectivity index (χ3n) is 3.11. The van der Waals surface area contributed by atoms with Gasteiger partial charge in [-0.25, -0.2) is 0 Å². The highest BCUT2D eigenvalue weighted by molar-refractivity contribution is 6.03. The standard InChI is InChI=1S/C9H14N2O3/c1-11-6-7(12)10-8(13)9(11)2-4-14-5-3-9/h2-6H2,1H3,(H,10,12,13). The van der Waals surface area contributed by atoms with Crippen molar-refractivity contribution >= 4 is 11.8 Å². The summed E-state index contributed by atoms with van der Waals surface area (Å²) in [6, 6.07) is 0. The van der Waals surface area contributed by atoms with Crippen molar-refractivity contribution in [2.45, 2.75) is 18.4 Å². The Bertz CT molecular complexity index is 271. The van der Waals surface area contributed by atoms with E-state index in [4.69, 9.17) is 4.74 Å². The van der Waals surface area contributed by atoms with Gasteiger partial charge in [0.1, 0.15) is 5.54 Å². The van der Waals surface area contributed by atoms with Gasteiger partial charge in [-0.15, -0.1) is 0 Å².